The molecule has 1 heterocycles. The zero-order valence-electron chi connectivity index (χ0n) is 12.2. The second kappa shape index (κ2) is 5.26. The molecule has 1 unspecified atom stereocenters. The quantitative estimate of drug-likeness (QED) is 0.861. The van der Waals surface area contributed by atoms with Crippen molar-refractivity contribution in [1.29, 1.82) is 0 Å². The van der Waals surface area contributed by atoms with Crippen LogP contribution < -0.4 is 5.32 Å². The van der Waals surface area contributed by atoms with Gasteiger partial charge in [0.15, 0.2) is 0 Å². The fourth-order valence-electron chi connectivity index (χ4n) is 3.97. The number of alkyl carbamates (subject to hydrolysis) is 1. The maximum atomic E-state index is 12.9. The monoisotopic (exact) mass is 280 g/mol. The van der Waals surface area contributed by atoms with Crippen LogP contribution in [0, 0.1) is 5.92 Å². The molecule has 112 valence electrons. The number of ether oxygens (including phenoxy) is 1. The van der Waals surface area contributed by atoms with Crippen LogP contribution >= 0.6 is 0 Å². The van der Waals surface area contributed by atoms with Crippen molar-refractivity contribution in [3.63, 3.8) is 0 Å². The molecular weight excluding hydrogens is 256 g/mol. The van der Waals surface area contributed by atoms with Gasteiger partial charge < -0.3 is 15.0 Å². The van der Waals surface area contributed by atoms with Gasteiger partial charge in [-0.25, -0.2) is 4.79 Å². The second-order valence-electron chi connectivity index (χ2n) is 6.48. The van der Waals surface area contributed by atoms with E-state index in [2.05, 4.69) is 5.32 Å². The Hall–Kier alpha value is -1.26. The van der Waals surface area contributed by atoms with Crippen molar-refractivity contribution in [2.24, 2.45) is 5.92 Å². The summed E-state index contributed by atoms with van der Waals surface area (Å²) in [7, 11) is 1.35. The molecule has 5 heteroatoms. The molecule has 0 aromatic rings. The molecular formula is C15H24N2O3. The molecule has 0 aromatic heterocycles. The standard InChI is InChI=1S/C15H24N2O3/c1-20-14(19)16-12(11-5-2-3-6-11)13(18)17-10-4-7-15(17)8-9-15/h11-12H,2-10H2,1H3,(H,16,19). The molecule has 1 atom stereocenters. The molecule has 3 rings (SSSR count). The third-order valence-electron chi connectivity index (χ3n) is 5.29. The Balaban J connectivity index is 1.73. The van der Waals surface area contributed by atoms with Crippen LogP contribution in [0.2, 0.25) is 0 Å². The Morgan fingerprint density at radius 1 is 1.20 bits per heavy atom. The van der Waals surface area contributed by atoms with E-state index in [4.69, 9.17) is 4.74 Å². The smallest absolute Gasteiger partial charge is 0.407 e. The number of carbonyl (C=O) groups is 2. The van der Waals surface area contributed by atoms with Gasteiger partial charge >= 0.3 is 6.09 Å². The van der Waals surface area contributed by atoms with Crippen LogP contribution in [0.5, 0.6) is 0 Å². The van der Waals surface area contributed by atoms with Gasteiger partial charge in [0.05, 0.1) is 7.11 Å². The topological polar surface area (TPSA) is 58.6 Å². The highest BCUT2D eigenvalue weighted by molar-refractivity contribution is 5.87. The van der Waals surface area contributed by atoms with Gasteiger partial charge in [0.2, 0.25) is 5.91 Å². The number of carbonyl (C=O) groups excluding carboxylic acids is 2. The van der Waals surface area contributed by atoms with Crippen molar-refractivity contribution < 1.29 is 14.3 Å². The van der Waals surface area contributed by atoms with Gasteiger partial charge in [-0.15, -0.1) is 0 Å². The molecule has 2 amide bonds. The maximum absolute atomic E-state index is 12.9. The van der Waals surface area contributed by atoms with Gasteiger partial charge in [-0.1, -0.05) is 12.8 Å². The third kappa shape index (κ3) is 2.38. The van der Waals surface area contributed by atoms with E-state index >= 15 is 0 Å². The summed E-state index contributed by atoms with van der Waals surface area (Å²) >= 11 is 0. The average Bonchev–Trinajstić information content (AvgIpc) is 2.89. The first-order valence-corrected chi connectivity index (χ1v) is 7.82. The summed E-state index contributed by atoms with van der Waals surface area (Å²) < 4.78 is 4.70. The molecule has 1 saturated heterocycles. The van der Waals surface area contributed by atoms with Crippen molar-refractivity contribution in [2.45, 2.75) is 62.9 Å². The summed E-state index contributed by atoms with van der Waals surface area (Å²) in [5.41, 5.74) is 0.145. The number of hydrogen-bond acceptors (Lipinski definition) is 3. The molecule has 0 bridgehead atoms. The first-order chi connectivity index (χ1) is 9.66. The maximum Gasteiger partial charge on any atom is 0.407 e. The van der Waals surface area contributed by atoms with Crippen molar-refractivity contribution in [3.05, 3.63) is 0 Å². The number of amides is 2. The van der Waals surface area contributed by atoms with Crippen molar-refractivity contribution in [1.82, 2.24) is 10.2 Å². The van der Waals surface area contributed by atoms with E-state index in [-0.39, 0.29) is 23.4 Å². The van der Waals surface area contributed by atoms with Gasteiger partial charge in [0.25, 0.3) is 0 Å². The number of hydrogen-bond donors (Lipinski definition) is 1. The molecule has 1 spiro atoms. The van der Waals surface area contributed by atoms with Crippen LogP contribution in [0.1, 0.15) is 51.4 Å². The van der Waals surface area contributed by atoms with E-state index in [1.54, 1.807) is 0 Å². The third-order valence-corrected chi connectivity index (χ3v) is 5.29. The van der Waals surface area contributed by atoms with Crippen LogP contribution in [-0.2, 0) is 9.53 Å². The molecule has 3 aliphatic rings. The minimum atomic E-state index is -0.487. The molecule has 1 N–H and O–H groups in total. The summed E-state index contributed by atoms with van der Waals surface area (Å²) in [5, 5.41) is 2.80. The fourth-order valence-corrected chi connectivity index (χ4v) is 3.97. The highest BCUT2D eigenvalue weighted by atomic mass is 16.5. The number of likely N-dealkylation sites (tertiary alicyclic amines) is 1. The second-order valence-corrected chi connectivity index (χ2v) is 6.48. The highest BCUT2D eigenvalue weighted by Crippen LogP contribution is 2.50. The minimum absolute atomic E-state index is 0.123. The summed E-state index contributed by atoms with van der Waals surface area (Å²) in [6, 6.07) is -0.388. The van der Waals surface area contributed by atoms with Crippen LogP contribution in [0.15, 0.2) is 0 Å². The molecule has 5 nitrogen and oxygen atoms in total. The summed E-state index contributed by atoms with van der Waals surface area (Å²) in [4.78, 5) is 26.5. The van der Waals surface area contributed by atoms with Gasteiger partial charge in [0, 0.05) is 12.1 Å². The predicted molar refractivity (Wildman–Crippen MR) is 74.2 cm³/mol. The molecule has 2 aliphatic carbocycles. The van der Waals surface area contributed by atoms with Gasteiger partial charge in [-0.05, 0) is 44.4 Å². The number of nitrogens with zero attached hydrogens (tertiary/aromatic N) is 1. The first-order valence-electron chi connectivity index (χ1n) is 7.82. The van der Waals surface area contributed by atoms with Crippen LogP contribution in [0.25, 0.3) is 0 Å². The Labute approximate surface area is 120 Å². The lowest BCUT2D eigenvalue weighted by molar-refractivity contribution is -0.136. The summed E-state index contributed by atoms with van der Waals surface area (Å²) in [6.45, 7) is 0.852. The molecule has 1 aliphatic heterocycles. The number of rotatable bonds is 3. The Kier molecular flexibility index (Phi) is 3.61. The van der Waals surface area contributed by atoms with Gasteiger partial charge in [0.1, 0.15) is 6.04 Å². The zero-order chi connectivity index (χ0) is 14.2. The first kappa shape index (κ1) is 13.7. The molecule has 0 aromatic carbocycles. The van der Waals surface area contributed by atoms with Crippen LogP contribution in [-0.4, -0.2) is 42.1 Å². The lowest BCUT2D eigenvalue weighted by atomic mass is 9.96. The van der Waals surface area contributed by atoms with Gasteiger partial charge in [-0.2, -0.15) is 0 Å². The Bertz CT molecular complexity index is 400. The van der Waals surface area contributed by atoms with E-state index in [0.717, 1.165) is 57.9 Å². The summed E-state index contributed by atoms with van der Waals surface area (Å²) in [5.74, 6) is 0.398. The normalized spacial score (nSPS) is 25.8. The van der Waals surface area contributed by atoms with E-state index in [0.29, 0.717) is 0 Å². The Morgan fingerprint density at radius 3 is 2.50 bits per heavy atom. The van der Waals surface area contributed by atoms with Crippen molar-refractivity contribution in [2.75, 3.05) is 13.7 Å². The van der Waals surface area contributed by atoms with E-state index in [1.165, 1.54) is 7.11 Å². The molecule has 3 fully saturated rings. The molecule has 2 saturated carbocycles. The Morgan fingerprint density at radius 2 is 1.90 bits per heavy atom. The largest absolute Gasteiger partial charge is 0.453 e. The lowest BCUT2D eigenvalue weighted by Gasteiger charge is -2.31. The highest BCUT2D eigenvalue weighted by Gasteiger charge is 2.54. The van der Waals surface area contributed by atoms with Crippen molar-refractivity contribution in [3.8, 4) is 0 Å². The van der Waals surface area contributed by atoms with E-state index < -0.39 is 6.09 Å². The zero-order valence-corrected chi connectivity index (χ0v) is 12.2. The molecule has 20 heavy (non-hydrogen) atoms. The van der Waals surface area contributed by atoms with E-state index in [9.17, 15) is 9.59 Å². The summed E-state index contributed by atoms with van der Waals surface area (Å²) in [6.07, 6.45) is 8.38. The van der Waals surface area contributed by atoms with Crippen molar-refractivity contribution >= 4 is 12.0 Å². The fraction of sp³-hybridized carbons (Fsp3) is 0.867. The number of nitrogens with one attached hydrogen (secondary N) is 1. The minimum Gasteiger partial charge on any atom is -0.453 e. The lowest BCUT2D eigenvalue weighted by Crippen LogP contribution is -2.53. The van der Waals surface area contributed by atoms with Gasteiger partial charge in [-0.3, -0.25) is 4.79 Å². The average molecular weight is 280 g/mol. The molecule has 0 radical (unpaired) electrons. The van der Waals surface area contributed by atoms with Crippen LogP contribution in [0.3, 0.4) is 0 Å². The van der Waals surface area contributed by atoms with E-state index in [1.807, 2.05) is 4.90 Å². The SMILES string of the molecule is COC(=O)NC(C(=O)N1CCCC12CC2)C1CCCC1. The predicted octanol–water partition coefficient (Wildman–Crippen LogP) is 2.06. The number of methoxy groups -OCH3 is 1. The van der Waals surface area contributed by atoms with Crippen LogP contribution in [0.4, 0.5) is 4.79 Å².